The first-order chi connectivity index (χ1) is 13.3. The average molecular weight is 360 g/mol. The lowest BCUT2D eigenvalue weighted by Crippen LogP contribution is -2.38. The molecule has 0 radical (unpaired) electrons. The predicted molar refractivity (Wildman–Crippen MR) is 101 cm³/mol. The quantitative estimate of drug-likeness (QED) is 0.710. The summed E-state index contributed by atoms with van der Waals surface area (Å²) in [7, 11) is 0. The highest BCUT2D eigenvalue weighted by molar-refractivity contribution is 5.94. The van der Waals surface area contributed by atoms with Crippen molar-refractivity contribution in [2.75, 3.05) is 13.1 Å². The van der Waals surface area contributed by atoms with Gasteiger partial charge in [-0.25, -0.2) is 4.98 Å². The molecule has 0 N–H and O–H groups in total. The summed E-state index contributed by atoms with van der Waals surface area (Å²) in [5, 5.41) is 0. The highest BCUT2D eigenvalue weighted by Crippen LogP contribution is 2.33. The van der Waals surface area contributed by atoms with Crippen LogP contribution in [-0.2, 0) is 0 Å². The number of piperidine rings is 1. The minimum Gasteiger partial charge on any atom is -0.437 e. The number of aromatic nitrogens is 3. The van der Waals surface area contributed by atoms with Gasteiger partial charge in [-0.15, -0.1) is 0 Å². The number of hydrogen-bond donors (Lipinski definition) is 0. The predicted octanol–water partition coefficient (Wildman–Crippen LogP) is 3.68. The van der Waals surface area contributed by atoms with E-state index in [-0.39, 0.29) is 11.8 Å². The van der Waals surface area contributed by atoms with Gasteiger partial charge < -0.3 is 9.64 Å². The number of amides is 1. The van der Waals surface area contributed by atoms with Crippen LogP contribution in [0, 0.1) is 0 Å². The molecule has 0 aliphatic carbocycles. The van der Waals surface area contributed by atoms with Gasteiger partial charge in [0.25, 0.3) is 5.91 Å². The largest absolute Gasteiger partial charge is 0.437 e. The van der Waals surface area contributed by atoms with E-state index in [4.69, 9.17) is 4.74 Å². The summed E-state index contributed by atoms with van der Waals surface area (Å²) in [4.78, 5) is 27.4. The number of pyridine rings is 1. The first kappa shape index (κ1) is 17.1. The molecule has 0 saturated carbocycles. The van der Waals surface area contributed by atoms with Crippen LogP contribution in [0.4, 0.5) is 0 Å². The molecule has 0 bridgehead atoms. The Kier molecular flexibility index (Phi) is 5.05. The van der Waals surface area contributed by atoms with Gasteiger partial charge in [-0.3, -0.25) is 14.8 Å². The van der Waals surface area contributed by atoms with E-state index in [1.165, 1.54) is 0 Å². The van der Waals surface area contributed by atoms with Gasteiger partial charge in [0.15, 0.2) is 0 Å². The van der Waals surface area contributed by atoms with E-state index in [1.807, 2.05) is 35.2 Å². The van der Waals surface area contributed by atoms with Crippen molar-refractivity contribution in [3.63, 3.8) is 0 Å². The van der Waals surface area contributed by atoms with Crippen molar-refractivity contribution >= 4 is 5.91 Å². The second-order valence-electron chi connectivity index (χ2n) is 6.46. The van der Waals surface area contributed by atoms with Crippen molar-refractivity contribution < 1.29 is 9.53 Å². The number of ether oxygens (including phenoxy) is 1. The number of benzene rings is 1. The van der Waals surface area contributed by atoms with Gasteiger partial charge in [-0.05, 0) is 37.1 Å². The first-order valence-electron chi connectivity index (χ1n) is 9.04. The highest BCUT2D eigenvalue weighted by atomic mass is 16.5. The first-order valence-corrected chi connectivity index (χ1v) is 9.04. The summed E-state index contributed by atoms with van der Waals surface area (Å²) in [6.45, 7) is 1.38. The Bertz CT molecular complexity index is 894. The van der Waals surface area contributed by atoms with Gasteiger partial charge in [0.2, 0.25) is 5.88 Å². The van der Waals surface area contributed by atoms with Crippen LogP contribution in [0.1, 0.15) is 34.8 Å². The summed E-state index contributed by atoms with van der Waals surface area (Å²) in [5.41, 5.74) is 1.54. The number of likely N-dealkylation sites (tertiary alicyclic amines) is 1. The number of rotatable bonds is 4. The van der Waals surface area contributed by atoms with Crippen molar-refractivity contribution in [2.24, 2.45) is 0 Å². The molecule has 1 saturated heterocycles. The SMILES string of the molecule is O=C(c1ccncc1)N1CCC(c2nccnc2Oc2ccccc2)CC1. The molecule has 1 aliphatic rings. The van der Waals surface area contributed by atoms with Crippen molar-refractivity contribution in [3.8, 4) is 11.6 Å². The van der Waals surface area contributed by atoms with Gasteiger partial charge in [0.05, 0.1) is 0 Å². The Labute approximate surface area is 157 Å². The molecule has 6 nitrogen and oxygen atoms in total. The lowest BCUT2D eigenvalue weighted by molar-refractivity contribution is 0.0711. The van der Waals surface area contributed by atoms with Crippen LogP contribution in [-0.4, -0.2) is 38.8 Å². The van der Waals surface area contributed by atoms with Crippen molar-refractivity contribution in [1.29, 1.82) is 0 Å². The fraction of sp³-hybridized carbons (Fsp3) is 0.238. The van der Waals surface area contributed by atoms with Gasteiger partial charge in [0.1, 0.15) is 11.4 Å². The molecule has 1 aromatic carbocycles. The van der Waals surface area contributed by atoms with E-state index in [9.17, 15) is 4.79 Å². The maximum absolute atomic E-state index is 12.6. The molecule has 27 heavy (non-hydrogen) atoms. The van der Waals surface area contributed by atoms with Crippen molar-refractivity contribution in [2.45, 2.75) is 18.8 Å². The number of hydrogen-bond acceptors (Lipinski definition) is 5. The molecular weight excluding hydrogens is 340 g/mol. The molecule has 6 heteroatoms. The zero-order chi connectivity index (χ0) is 18.5. The topological polar surface area (TPSA) is 68.2 Å². The van der Waals surface area contributed by atoms with E-state index >= 15 is 0 Å². The maximum Gasteiger partial charge on any atom is 0.253 e. The third-order valence-electron chi connectivity index (χ3n) is 4.75. The second kappa shape index (κ2) is 7.95. The molecule has 0 unspecified atom stereocenters. The Morgan fingerprint density at radius 1 is 0.926 bits per heavy atom. The standard InChI is InChI=1S/C21H20N4O2/c26-21(17-6-10-22-11-7-17)25-14-8-16(9-15-25)19-20(24-13-12-23-19)27-18-4-2-1-3-5-18/h1-7,10-13,16H,8-9,14-15H2. The summed E-state index contributed by atoms with van der Waals surface area (Å²) >= 11 is 0. The molecule has 3 aromatic rings. The molecule has 0 atom stereocenters. The van der Waals surface area contributed by atoms with Gasteiger partial charge in [0, 0.05) is 49.4 Å². The normalized spacial score (nSPS) is 14.7. The summed E-state index contributed by atoms with van der Waals surface area (Å²) < 4.78 is 5.95. The number of carbonyl (C=O) groups is 1. The maximum atomic E-state index is 12.6. The van der Waals surface area contributed by atoms with Crippen LogP contribution in [0.5, 0.6) is 11.6 Å². The third kappa shape index (κ3) is 3.95. The van der Waals surface area contributed by atoms with Crippen LogP contribution in [0.15, 0.2) is 67.3 Å². The number of nitrogens with zero attached hydrogens (tertiary/aromatic N) is 4. The van der Waals surface area contributed by atoms with E-state index in [1.54, 1.807) is 36.9 Å². The lowest BCUT2D eigenvalue weighted by Gasteiger charge is -2.32. The van der Waals surface area contributed by atoms with Crippen LogP contribution < -0.4 is 4.74 Å². The molecule has 1 amide bonds. The van der Waals surface area contributed by atoms with E-state index in [0.29, 0.717) is 24.5 Å². The van der Waals surface area contributed by atoms with Gasteiger partial charge in [-0.1, -0.05) is 18.2 Å². The van der Waals surface area contributed by atoms with Crippen molar-refractivity contribution in [3.05, 3.63) is 78.5 Å². The zero-order valence-electron chi connectivity index (χ0n) is 14.9. The number of para-hydroxylation sites is 1. The van der Waals surface area contributed by atoms with Crippen LogP contribution in [0.25, 0.3) is 0 Å². The fourth-order valence-electron chi connectivity index (χ4n) is 3.33. The van der Waals surface area contributed by atoms with E-state index < -0.39 is 0 Å². The Hall–Kier alpha value is -3.28. The average Bonchev–Trinajstić information content (AvgIpc) is 2.75. The zero-order valence-corrected chi connectivity index (χ0v) is 14.9. The molecule has 4 rings (SSSR count). The van der Waals surface area contributed by atoms with Crippen molar-refractivity contribution in [1.82, 2.24) is 19.9 Å². The molecule has 1 fully saturated rings. The smallest absolute Gasteiger partial charge is 0.253 e. The minimum atomic E-state index is 0.0516. The summed E-state index contributed by atoms with van der Waals surface area (Å²) in [6, 6.07) is 13.1. The highest BCUT2D eigenvalue weighted by Gasteiger charge is 2.27. The minimum absolute atomic E-state index is 0.0516. The third-order valence-corrected chi connectivity index (χ3v) is 4.75. The molecule has 2 aromatic heterocycles. The summed E-state index contributed by atoms with van der Waals surface area (Å²) in [5.74, 6) is 1.56. The molecule has 3 heterocycles. The van der Waals surface area contributed by atoms with Crippen LogP contribution in [0.3, 0.4) is 0 Å². The van der Waals surface area contributed by atoms with Gasteiger partial charge >= 0.3 is 0 Å². The Morgan fingerprint density at radius 2 is 1.63 bits per heavy atom. The molecule has 0 spiro atoms. The fourth-order valence-corrected chi connectivity index (χ4v) is 3.33. The monoisotopic (exact) mass is 360 g/mol. The Balaban J connectivity index is 1.45. The van der Waals surface area contributed by atoms with E-state index in [2.05, 4.69) is 15.0 Å². The molecular formula is C21H20N4O2. The number of carbonyl (C=O) groups excluding carboxylic acids is 1. The van der Waals surface area contributed by atoms with Crippen LogP contribution >= 0.6 is 0 Å². The van der Waals surface area contributed by atoms with E-state index in [0.717, 1.165) is 24.3 Å². The Morgan fingerprint density at radius 3 is 2.37 bits per heavy atom. The molecule has 136 valence electrons. The van der Waals surface area contributed by atoms with Crippen LogP contribution in [0.2, 0.25) is 0 Å². The van der Waals surface area contributed by atoms with Gasteiger partial charge in [-0.2, -0.15) is 0 Å². The molecule has 1 aliphatic heterocycles. The second-order valence-corrected chi connectivity index (χ2v) is 6.46. The summed E-state index contributed by atoms with van der Waals surface area (Å²) in [6.07, 6.45) is 8.30. The lowest BCUT2D eigenvalue weighted by atomic mass is 9.93.